The first-order valence-electron chi connectivity index (χ1n) is 4.27. The number of carbonyl (C=O) groups is 1. The first kappa shape index (κ1) is 13.6. The Hall–Kier alpha value is -0.380. The molecule has 0 bridgehead atoms. The van der Waals surface area contributed by atoms with Crippen molar-refractivity contribution in [2.75, 3.05) is 6.66 Å². The van der Waals surface area contributed by atoms with Gasteiger partial charge in [-0.25, -0.2) is 0 Å². The Labute approximate surface area is 83.9 Å². The van der Waals surface area contributed by atoms with Crippen LogP contribution in [-0.4, -0.2) is 23.3 Å². The predicted octanol–water partition coefficient (Wildman–Crippen LogP) is 1.75. The maximum atomic E-state index is 11.2. The van der Waals surface area contributed by atoms with E-state index in [0.717, 1.165) is 6.66 Å². The third-order valence-corrected chi connectivity index (χ3v) is 1.99. The highest BCUT2D eigenvalue weighted by Gasteiger charge is 2.31. The molecule has 1 atom stereocenters. The van der Waals surface area contributed by atoms with Crippen molar-refractivity contribution < 1.29 is 23.5 Å². The lowest BCUT2D eigenvalue weighted by atomic mass is 10.2. The van der Waals surface area contributed by atoms with Gasteiger partial charge in [0.2, 0.25) is 5.79 Å². The standard InChI is InChI=1S/C8H17O5P/c1-6(2)7(9)12-8(3,4)13-14(5,10)11/h6H,1-5H3,(H,10,11). The fraction of sp³-hybridized carbons (Fsp3) is 0.875. The molecule has 5 nitrogen and oxygen atoms in total. The molecule has 0 aliphatic heterocycles. The van der Waals surface area contributed by atoms with Gasteiger partial charge < -0.3 is 9.63 Å². The first-order valence-corrected chi connectivity index (χ1v) is 6.30. The Bertz CT molecular complexity index is 252. The molecule has 0 spiro atoms. The smallest absolute Gasteiger partial charge is 0.328 e. The van der Waals surface area contributed by atoms with E-state index in [0.29, 0.717) is 0 Å². The minimum atomic E-state index is -3.65. The zero-order chi connectivity index (χ0) is 11.6. The van der Waals surface area contributed by atoms with Crippen LogP contribution < -0.4 is 0 Å². The second-order valence-electron chi connectivity index (χ2n) is 3.87. The maximum absolute atomic E-state index is 11.2. The second-order valence-corrected chi connectivity index (χ2v) is 5.66. The van der Waals surface area contributed by atoms with Crippen LogP contribution in [-0.2, 0) is 18.6 Å². The number of hydrogen-bond donors (Lipinski definition) is 1. The van der Waals surface area contributed by atoms with Crippen LogP contribution in [0.25, 0.3) is 0 Å². The number of hydrogen-bond acceptors (Lipinski definition) is 4. The largest absolute Gasteiger partial charge is 0.433 e. The summed E-state index contributed by atoms with van der Waals surface area (Å²) in [6.07, 6.45) is 0. The van der Waals surface area contributed by atoms with Crippen molar-refractivity contribution in [3.63, 3.8) is 0 Å². The van der Waals surface area contributed by atoms with Crippen molar-refractivity contribution in [2.24, 2.45) is 5.92 Å². The Morgan fingerprint density at radius 2 is 1.86 bits per heavy atom. The van der Waals surface area contributed by atoms with Crippen LogP contribution in [0.2, 0.25) is 0 Å². The molecular formula is C8H17O5P. The maximum Gasteiger partial charge on any atom is 0.328 e. The Kier molecular flexibility index (Phi) is 4.31. The van der Waals surface area contributed by atoms with E-state index in [9.17, 15) is 9.36 Å². The topological polar surface area (TPSA) is 72.8 Å². The fourth-order valence-corrected chi connectivity index (χ4v) is 1.64. The van der Waals surface area contributed by atoms with Crippen LogP contribution in [0.1, 0.15) is 27.7 Å². The van der Waals surface area contributed by atoms with Crippen LogP contribution in [0.4, 0.5) is 0 Å². The summed E-state index contributed by atoms with van der Waals surface area (Å²) in [6.45, 7) is 7.21. The van der Waals surface area contributed by atoms with E-state index in [1.165, 1.54) is 13.8 Å². The molecule has 0 saturated heterocycles. The molecule has 0 aromatic heterocycles. The third kappa shape index (κ3) is 6.13. The quantitative estimate of drug-likeness (QED) is 0.447. The molecule has 0 aromatic carbocycles. The van der Waals surface area contributed by atoms with Gasteiger partial charge in [-0.2, -0.15) is 0 Å². The summed E-state index contributed by atoms with van der Waals surface area (Å²) in [6, 6.07) is 0. The van der Waals surface area contributed by atoms with Crippen LogP contribution in [0.15, 0.2) is 0 Å². The van der Waals surface area contributed by atoms with Gasteiger partial charge in [0.1, 0.15) is 0 Å². The highest BCUT2D eigenvalue weighted by molar-refractivity contribution is 7.51. The average Bonchev–Trinajstić information content (AvgIpc) is 1.78. The van der Waals surface area contributed by atoms with Crippen molar-refractivity contribution in [1.29, 1.82) is 0 Å². The zero-order valence-corrected chi connectivity index (χ0v) is 10.00. The second kappa shape index (κ2) is 4.43. The summed E-state index contributed by atoms with van der Waals surface area (Å²) in [5, 5.41) is 0. The molecule has 1 unspecified atom stereocenters. The highest BCUT2D eigenvalue weighted by atomic mass is 31.2. The van der Waals surface area contributed by atoms with E-state index in [1.807, 2.05) is 0 Å². The van der Waals surface area contributed by atoms with Crippen molar-refractivity contribution >= 4 is 13.6 Å². The molecule has 84 valence electrons. The predicted molar refractivity (Wildman–Crippen MR) is 51.8 cm³/mol. The Balaban J connectivity index is 4.35. The summed E-state index contributed by atoms with van der Waals surface area (Å²) < 4.78 is 20.5. The van der Waals surface area contributed by atoms with E-state index in [1.54, 1.807) is 13.8 Å². The fourth-order valence-electron chi connectivity index (χ4n) is 0.787. The normalized spacial score (nSPS) is 16.5. The van der Waals surface area contributed by atoms with Crippen molar-refractivity contribution in [1.82, 2.24) is 0 Å². The molecule has 0 aromatic rings. The zero-order valence-electron chi connectivity index (χ0n) is 9.10. The summed E-state index contributed by atoms with van der Waals surface area (Å²) in [7, 11) is -3.65. The van der Waals surface area contributed by atoms with Gasteiger partial charge >= 0.3 is 13.6 Å². The highest BCUT2D eigenvalue weighted by Crippen LogP contribution is 2.42. The van der Waals surface area contributed by atoms with E-state index >= 15 is 0 Å². The monoisotopic (exact) mass is 224 g/mol. The Morgan fingerprint density at radius 1 is 1.43 bits per heavy atom. The molecule has 1 N–H and O–H groups in total. The molecule has 0 saturated carbocycles. The van der Waals surface area contributed by atoms with Crippen LogP contribution >= 0.6 is 7.60 Å². The Morgan fingerprint density at radius 3 is 2.14 bits per heavy atom. The summed E-state index contributed by atoms with van der Waals surface area (Å²) >= 11 is 0. The number of carbonyl (C=O) groups excluding carboxylic acids is 1. The van der Waals surface area contributed by atoms with Gasteiger partial charge in [0, 0.05) is 20.5 Å². The number of esters is 1. The first-order chi connectivity index (χ1) is 6.03. The van der Waals surface area contributed by atoms with Gasteiger partial charge in [-0.05, 0) is 0 Å². The SMILES string of the molecule is CC(C)C(=O)OC(C)(C)OP(C)(=O)O. The molecule has 0 rings (SSSR count). The van der Waals surface area contributed by atoms with Gasteiger partial charge in [-0.3, -0.25) is 13.9 Å². The van der Waals surface area contributed by atoms with Crippen LogP contribution in [0, 0.1) is 5.92 Å². The lowest BCUT2D eigenvalue weighted by Gasteiger charge is -2.26. The van der Waals surface area contributed by atoms with Gasteiger partial charge in [-0.15, -0.1) is 0 Å². The van der Waals surface area contributed by atoms with Crippen molar-refractivity contribution in [3.8, 4) is 0 Å². The molecule has 0 heterocycles. The summed E-state index contributed by atoms with van der Waals surface area (Å²) in [5.74, 6) is -2.14. The lowest BCUT2D eigenvalue weighted by molar-refractivity contribution is -0.190. The van der Waals surface area contributed by atoms with Crippen molar-refractivity contribution in [3.05, 3.63) is 0 Å². The molecule has 0 fully saturated rings. The minimum Gasteiger partial charge on any atom is -0.433 e. The molecule has 0 amide bonds. The van der Waals surface area contributed by atoms with Gasteiger partial charge in [0.05, 0.1) is 5.92 Å². The summed E-state index contributed by atoms with van der Waals surface area (Å²) in [4.78, 5) is 20.1. The van der Waals surface area contributed by atoms with Crippen molar-refractivity contribution in [2.45, 2.75) is 33.5 Å². The lowest BCUT2D eigenvalue weighted by Crippen LogP contribution is -2.32. The van der Waals surface area contributed by atoms with Gasteiger partial charge in [0.15, 0.2) is 0 Å². The van der Waals surface area contributed by atoms with E-state index in [-0.39, 0.29) is 5.92 Å². The van der Waals surface area contributed by atoms with Gasteiger partial charge in [0.25, 0.3) is 0 Å². The molecule has 0 aliphatic carbocycles. The summed E-state index contributed by atoms with van der Waals surface area (Å²) in [5.41, 5.74) is 0. The number of rotatable bonds is 4. The van der Waals surface area contributed by atoms with E-state index < -0.39 is 19.4 Å². The minimum absolute atomic E-state index is 0.298. The van der Waals surface area contributed by atoms with Gasteiger partial charge in [-0.1, -0.05) is 13.8 Å². The van der Waals surface area contributed by atoms with E-state index in [4.69, 9.17) is 14.2 Å². The molecule has 0 radical (unpaired) electrons. The molecule has 0 aliphatic rings. The van der Waals surface area contributed by atoms with E-state index in [2.05, 4.69) is 0 Å². The molecule has 6 heteroatoms. The molecular weight excluding hydrogens is 207 g/mol. The average molecular weight is 224 g/mol. The van der Waals surface area contributed by atoms with Crippen LogP contribution in [0.5, 0.6) is 0 Å². The molecule has 14 heavy (non-hydrogen) atoms. The third-order valence-electron chi connectivity index (χ3n) is 1.21. The number of ether oxygens (including phenoxy) is 1. The van der Waals surface area contributed by atoms with Crippen LogP contribution in [0.3, 0.4) is 0 Å².